The smallest absolute Gasteiger partial charge is 0.337 e. The van der Waals surface area contributed by atoms with Crippen LogP contribution in [-0.2, 0) is 0 Å². The molecule has 3 aromatic rings. The van der Waals surface area contributed by atoms with Crippen LogP contribution in [0.5, 0.6) is 0 Å². The van der Waals surface area contributed by atoms with Gasteiger partial charge in [0.05, 0.1) is 16.7 Å². The normalized spacial score (nSPS) is 8.58. The van der Waals surface area contributed by atoms with Gasteiger partial charge in [0.25, 0.3) is 0 Å². The van der Waals surface area contributed by atoms with Crippen molar-refractivity contribution in [1.82, 2.24) is 15.0 Å². The fourth-order valence-corrected chi connectivity index (χ4v) is 1.43. The number of aromatic nitrogens is 3. The van der Waals surface area contributed by atoms with Crippen LogP contribution in [0.2, 0.25) is 0 Å². The van der Waals surface area contributed by atoms with Gasteiger partial charge in [0, 0.05) is 37.2 Å². The van der Waals surface area contributed by atoms with E-state index in [1.54, 1.807) is 42.7 Å². The van der Waals surface area contributed by atoms with Gasteiger partial charge in [0.15, 0.2) is 0 Å². The maximum atomic E-state index is 10.4. The SMILES string of the molecule is N#Cc1cccnc1.NC(=O)c1cccnc1.O=C(O)c1cccnc1. The Morgan fingerprint density at radius 2 is 1.38 bits per heavy atom. The molecule has 1 amide bonds. The summed E-state index contributed by atoms with van der Waals surface area (Å²) in [7, 11) is 0. The van der Waals surface area contributed by atoms with Crippen molar-refractivity contribution in [2.75, 3.05) is 0 Å². The summed E-state index contributed by atoms with van der Waals surface area (Å²) in [6, 6.07) is 11.8. The van der Waals surface area contributed by atoms with Crippen molar-refractivity contribution in [3.63, 3.8) is 0 Å². The Morgan fingerprint density at radius 3 is 1.62 bits per heavy atom. The largest absolute Gasteiger partial charge is 0.478 e. The average Bonchev–Trinajstić information content (AvgIpc) is 2.71. The fraction of sp³-hybridized carbons (Fsp3) is 0. The monoisotopic (exact) mass is 349 g/mol. The maximum absolute atomic E-state index is 10.4. The zero-order valence-electron chi connectivity index (χ0n) is 13.6. The Bertz CT molecular complexity index is 801. The number of nitrogens with zero attached hydrogens (tertiary/aromatic N) is 4. The van der Waals surface area contributed by atoms with E-state index in [2.05, 4.69) is 15.0 Å². The number of carbonyl (C=O) groups is 2. The topological polar surface area (TPSA) is 143 Å². The number of hydrogen-bond donors (Lipinski definition) is 2. The van der Waals surface area contributed by atoms with E-state index in [9.17, 15) is 9.59 Å². The molecule has 8 heteroatoms. The van der Waals surface area contributed by atoms with E-state index in [1.807, 2.05) is 6.07 Å². The summed E-state index contributed by atoms with van der Waals surface area (Å²) in [5.41, 5.74) is 6.20. The van der Waals surface area contributed by atoms with Crippen molar-refractivity contribution in [2.24, 2.45) is 5.73 Å². The van der Waals surface area contributed by atoms with Gasteiger partial charge in [-0.25, -0.2) is 4.79 Å². The number of rotatable bonds is 2. The Morgan fingerprint density at radius 1 is 0.885 bits per heavy atom. The van der Waals surface area contributed by atoms with E-state index in [4.69, 9.17) is 16.1 Å². The molecule has 0 saturated carbocycles. The number of amides is 1. The van der Waals surface area contributed by atoms with Gasteiger partial charge >= 0.3 is 5.97 Å². The molecule has 0 bridgehead atoms. The Labute approximate surface area is 149 Å². The molecule has 0 aliphatic carbocycles. The predicted molar refractivity (Wildman–Crippen MR) is 92.9 cm³/mol. The van der Waals surface area contributed by atoms with E-state index in [1.165, 1.54) is 30.9 Å². The Kier molecular flexibility index (Phi) is 8.75. The lowest BCUT2D eigenvalue weighted by molar-refractivity contribution is 0.0696. The zero-order valence-corrected chi connectivity index (χ0v) is 13.6. The summed E-state index contributed by atoms with van der Waals surface area (Å²) in [6.45, 7) is 0. The number of nitriles is 1. The highest BCUT2D eigenvalue weighted by atomic mass is 16.4. The van der Waals surface area contributed by atoms with E-state index in [0.717, 1.165) is 0 Å². The molecule has 0 saturated heterocycles. The van der Waals surface area contributed by atoms with Crippen molar-refractivity contribution in [3.8, 4) is 6.07 Å². The minimum absolute atomic E-state index is 0.220. The first-order valence-corrected chi connectivity index (χ1v) is 7.18. The maximum Gasteiger partial charge on any atom is 0.337 e. The summed E-state index contributed by atoms with van der Waals surface area (Å²) < 4.78 is 0. The molecule has 3 heterocycles. The van der Waals surface area contributed by atoms with Gasteiger partial charge in [-0.3, -0.25) is 19.7 Å². The highest BCUT2D eigenvalue weighted by Crippen LogP contribution is 1.93. The van der Waals surface area contributed by atoms with Crippen LogP contribution >= 0.6 is 0 Å². The molecule has 0 aromatic carbocycles. The van der Waals surface area contributed by atoms with Crippen LogP contribution in [-0.4, -0.2) is 31.9 Å². The first-order chi connectivity index (χ1) is 12.5. The molecule has 26 heavy (non-hydrogen) atoms. The van der Waals surface area contributed by atoms with Gasteiger partial charge in [0.2, 0.25) is 5.91 Å². The first-order valence-electron chi connectivity index (χ1n) is 7.18. The molecule has 3 rings (SSSR count). The molecular weight excluding hydrogens is 334 g/mol. The predicted octanol–water partition coefficient (Wildman–Crippen LogP) is 1.91. The molecule has 130 valence electrons. The number of pyridine rings is 3. The summed E-state index contributed by atoms with van der Waals surface area (Å²) in [6.07, 6.45) is 9.03. The van der Waals surface area contributed by atoms with Crippen LogP contribution < -0.4 is 5.73 Å². The van der Waals surface area contributed by atoms with Crippen molar-refractivity contribution in [2.45, 2.75) is 0 Å². The molecular formula is C18H15N5O3. The average molecular weight is 349 g/mol. The van der Waals surface area contributed by atoms with E-state index in [0.29, 0.717) is 11.1 Å². The molecule has 0 aliphatic rings. The lowest BCUT2D eigenvalue weighted by Gasteiger charge is -1.88. The number of carboxylic acids is 1. The Balaban J connectivity index is 0.000000195. The van der Waals surface area contributed by atoms with Crippen LogP contribution in [0.4, 0.5) is 0 Å². The van der Waals surface area contributed by atoms with Crippen LogP contribution in [0.1, 0.15) is 26.3 Å². The molecule has 3 aromatic heterocycles. The molecule has 8 nitrogen and oxygen atoms in total. The molecule has 0 radical (unpaired) electrons. The number of aromatic carboxylic acids is 1. The number of nitrogens with two attached hydrogens (primary N) is 1. The minimum atomic E-state index is -0.942. The van der Waals surface area contributed by atoms with Gasteiger partial charge in [0.1, 0.15) is 6.07 Å². The summed E-state index contributed by atoms with van der Waals surface area (Å²) >= 11 is 0. The molecule has 0 fully saturated rings. The molecule has 3 N–H and O–H groups in total. The summed E-state index contributed by atoms with van der Waals surface area (Å²) in [4.78, 5) is 31.6. The number of primary amides is 1. The third-order valence-electron chi connectivity index (χ3n) is 2.65. The van der Waals surface area contributed by atoms with Crippen LogP contribution in [0.3, 0.4) is 0 Å². The number of hydrogen-bond acceptors (Lipinski definition) is 6. The minimum Gasteiger partial charge on any atom is -0.478 e. The highest BCUT2D eigenvalue weighted by molar-refractivity contribution is 5.92. The second-order valence-electron chi connectivity index (χ2n) is 4.51. The molecule has 0 aliphatic heterocycles. The number of carbonyl (C=O) groups excluding carboxylic acids is 1. The van der Waals surface area contributed by atoms with Gasteiger partial charge in [-0.15, -0.1) is 0 Å². The van der Waals surface area contributed by atoms with Crippen molar-refractivity contribution < 1.29 is 14.7 Å². The second-order valence-corrected chi connectivity index (χ2v) is 4.51. The van der Waals surface area contributed by atoms with E-state index < -0.39 is 11.9 Å². The van der Waals surface area contributed by atoms with Gasteiger partial charge < -0.3 is 10.8 Å². The van der Waals surface area contributed by atoms with E-state index >= 15 is 0 Å². The standard InChI is InChI=1S/C6H6N2O.C6H4N2.C6H5NO2/c7-6(9)5-2-1-3-8-4-5;7-4-6-2-1-3-8-5-6;8-6(9)5-2-1-3-7-4-5/h1-4H,(H2,7,9);1-3,5H;1-4H,(H,8,9). The highest BCUT2D eigenvalue weighted by Gasteiger charge is 1.97. The molecule has 0 spiro atoms. The Hall–Kier alpha value is -4.12. The van der Waals surface area contributed by atoms with Crippen molar-refractivity contribution >= 4 is 11.9 Å². The lowest BCUT2D eigenvalue weighted by Crippen LogP contribution is -2.10. The number of carboxylic acid groups (broad SMARTS) is 1. The van der Waals surface area contributed by atoms with Gasteiger partial charge in [-0.05, 0) is 36.4 Å². The van der Waals surface area contributed by atoms with Gasteiger partial charge in [-0.1, -0.05) is 0 Å². The molecule has 0 unspecified atom stereocenters. The zero-order chi connectivity index (χ0) is 19.2. The quantitative estimate of drug-likeness (QED) is 0.719. The van der Waals surface area contributed by atoms with E-state index in [-0.39, 0.29) is 5.56 Å². The van der Waals surface area contributed by atoms with Crippen LogP contribution in [0, 0.1) is 11.3 Å². The van der Waals surface area contributed by atoms with Gasteiger partial charge in [-0.2, -0.15) is 5.26 Å². The van der Waals surface area contributed by atoms with Crippen molar-refractivity contribution in [3.05, 3.63) is 90.3 Å². The second kappa shape index (κ2) is 11.4. The molecule has 0 atom stereocenters. The fourth-order valence-electron chi connectivity index (χ4n) is 1.43. The van der Waals surface area contributed by atoms with Crippen molar-refractivity contribution in [1.29, 1.82) is 5.26 Å². The third-order valence-corrected chi connectivity index (χ3v) is 2.65. The summed E-state index contributed by atoms with van der Waals surface area (Å²) in [5, 5.41) is 16.6. The third kappa shape index (κ3) is 7.94. The van der Waals surface area contributed by atoms with Crippen LogP contribution in [0.15, 0.2) is 73.6 Å². The summed E-state index contributed by atoms with van der Waals surface area (Å²) in [5.74, 6) is -1.38. The first kappa shape index (κ1) is 19.9. The lowest BCUT2D eigenvalue weighted by atomic mass is 10.3. The van der Waals surface area contributed by atoms with Crippen LogP contribution in [0.25, 0.3) is 0 Å².